The molecule has 0 radical (unpaired) electrons. The molecule has 6 nitrogen and oxygen atoms in total. The number of hydrogen-bond acceptors (Lipinski definition) is 6. The Labute approximate surface area is 182 Å². The van der Waals surface area contributed by atoms with Gasteiger partial charge in [0.1, 0.15) is 11.5 Å². The number of benzene rings is 3. The van der Waals surface area contributed by atoms with Crippen molar-refractivity contribution in [3.63, 3.8) is 0 Å². The lowest BCUT2D eigenvalue weighted by Crippen LogP contribution is -2.28. The van der Waals surface area contributed by atoms with Gasteiger partial charge in [0, 0.05) is 0 Å². The molecule has 0 fully saturated rings. The molecule has 0 aromatic heterocycles. The highest BCUT2D eigenvalue weighted by molar-refractivity contribution is 7.86. The fraction of sp³-hybridized carbons (Fsp3) is 0.208. The molecule has 0 spiro atoms. The molecule has 0 aliphatic rings. The van der Waals surface area contributed by atoms with E-state index in [1.165, 1.54) is 31.4 Å². The minimum atomic E-state index is -4.16. The first kappa shape index (κ1) is 22.5. The first-order valence-electron chi connectivity index (χ1n) is 9.86. The van der Waals surface area contributed by atoms with Crippen LogP contribution in [0.25, 0.3) is 0 Å². The average Bonchev–Trinajstić information content (AvgIpc) is 2.79. The number of rotatable bonds is 10. The van der Waals surface area contributed by atoms with Crippen molar-refractivity contribution in [2.24, 2.45) is 0 Å². The van der Waals surface area contributed by atoms with E-state index in [1.54, 1.807) is 12.1 Å². The van der Waals surface area contributed by atoms with Gasteiger partial charge >= 0.3 is 5.97 Å². The summed E-state index contributed by atoms with van der Waals surface area (Å²) in [5.41, 5.74) is 1.10. The predicted octanol–water partition coefficient (Wildman–Crippen LogP) is 4.75. The summed E-state index contributed by atoms with van der Waals surface area (Å²) >= 11 is 0. The van der Waals surface area contributed by atoms with Crippen molar-refractivity contribution in [3.05, 3.63) is 90.5 Å². The Hall–Kier alpha value is -3.16. The van der Waals surface area contributed by atoms with Crippen molar-refractivity contribution >= 4 is 16.1 Å². The summed E-state index contributed by atoms with van der Waals surface area (Å²) in [5, 5.41) is 0. The van der Waals surface area contributed by atoms with E-state index < -0.39 is 22.2 Å². The Morgan fingerprint density at radius 1 is 0.839 bits per heavy atom. The van der Waals surface area contributed by atoms with Crippen molar-refractivity contribution in [2.75, 3.05) is 7.11 Å². The van der Waals surface area contributed by atoms with E-state index in [0.717, 1.165) is 5.56 Å². The Morgan fingerprint density at radius 2 is 1.42 bits per heavy atom. The molecule has 162 valence electrons. The normalized spacial score (nSPS) is 12.2. The molecule has 0 unspecified atom stereocenters. The van der Waals surface area contributed by atoms with Crippen molar-refractivity contribution in [1.29, 1.82) is 0 Å². The lowest BCUT2D eigenvalue weighted by atomic mass is 10.1. The molecule has 0 bridgehead atoms. The van der Waals surface area contributed by atoms with Crippen molar-refractivity contribution in [1.82, 2.24) is 0 Å². The summed E-state index contributed by atoms with van der Waals surface area (Å²) < 4.78 is 41.0. The molecule has 31 heavy (non-hydrogen) atoms. The minimum Gasteiger partial charge on any atom is -0.467 e. The summed E-state index contributed by atoms with van der Waals surface area (Å²) in [6.07, 6.45) is 0.279. The topological polar surface area (TPSA) is 78.9 Å². The molecule has 3 rings (SSSR count). The van der Waals surface area contributed by atoms with E-state index in [9.17, 15) is 13.2 Å². The average molecular weight is 441 g/mol. The van der Waals surface area contributed by atoms with Crippen LogP contribution >= 0.6 is 0 Å². The van der Waals surface area contributed by atoms with Crippen LogP contribution in [0.5, 0.6) is 11.5 Å². The van der Waals surface area contributed by atoms with E-state index in [1.807, 2.05) is 48.5 Å². The standard InChI is InChI=1S/C24H24O6S/c1-28-24(25)23(14-8-11-19-9-4-2-5-10-19)30-31(26,27)22-17-15-21(16-18-22)29-20-12-6-3-7-13-20/h2-7,9-10,12-13,15-18,23H,8,11,14H2,1H3/t23-/m1/s1. The lowest BCUT2D eigenvalue weighted by Gasteiger charge is -2.16. The van der Waals surface area contributed by atoms with Crippen molar-refractivity contribution in [2.45, 2.75) is 30.3 Å². The van der Waals surface area contributed by atoms with Crippen molar-refractivity contribution < 1.29 is 26.9 Å². The van der Waals surface area contributed by atoms with E-state index in [2.05, 4.69) is 0 Å². The van der Waals surface area contributed by atoms with Crippen LogP contribution < -0.4 is 4.74 Å². The second-order valence-electron chi connectivity index (χ2n) is 6.83. The zero-order valence-electron chi connectivity index (χ0n) is 17.1. The molecule has 0 aliphatic carbocycles. The lowest BCUT2D eigenvalue weighted by molar-refractivity contribution is -0.149. The molecular formula is C24H24O6S. The van der Waals surface area contributed by atoms with Crippen LogP contribution in [0, 0.1) is 0 Å². The monoisotopic (exact) mass is 440 g/mol. The maximum atomic E-state index is 12.7. The van der Waals surface area contributed by atoms with Gasteiger partial charge in [-0.1, -0.05) is 48.5 Å². The number of aryl methyl sites for hydroxylation is 1. The van der Waals surface area contributed by atoms with Gasteiger partial charge in [0.05, 0.1) is 12.0 Å². The highest BCUT2D eigenvalue weighted by atomic mass is 32.2. The van der Waals surface area contributed by atoms with Crippen LogP contribution in [0.2, 0.25) is 0 Å². The maximum absolute atomic E-state index is 12.7. The van der Waals surface area contributed by atoms with Gasteiger partial charge in [-0.25, -0.2) is 4.79 Å². The van der Waals surface area contributed by atoms with Gasteiger partial charge < -0.3 is 9.47 Å². The number of hydrogen-bond donors (Lipinski definition) is 0. The Morgan fingerprint density at radius 3 is 2.03 bits per heavy atom. The smallest absolute Gasteiger partial charge is 0.336 e. The molecule has 0 saturated heterocycles. The molecule has 0 heterocycles. The number of esters is 1. The first-order valence-corrected chi connectivity index (χ1v) is 11.3. The predicted molar refractivity (Wildman–Crippen MR) is 116 cm³/mol. The largest absolute Gasteiger partial charge is 0.467 e. The molecule has 0 amide bonds. The van der Waals surface area contributed by atoms with E-state index in [0.29, 0.717) is 24.3 Å². The van der Waals surface area contributed by atoms with Crippen LogP contribution in [-0.4, -0.2) is 27.6 Å². The van der Waals surface area contributed by atoms with Gasteiger partial charge in [-0.3, -0.25) is 4.18 Å². The van der Waals surface area contributed by atoms with Gasteiger partial charge in [0.2, 0.25) is 0 Å². The number of ether oxygens (including phenoxy) is 2. The molecule has 1 atom stereocenters. The number of para-hydroxylation sites is 1. The third-order valence-corrected chi connectivity index (χ3v) is 5.91. The van der Waals surface area contributed by atoms with Gasteiger partial charge in [-0.2, -0.15) is 8.42 Å². The zero-order chi connectivity index (χ0) is 22.1. The summed E-state index contributed by atoms with van der Waals surface area (Å²) in [6, 6.07) is 24.7. The number of methoxy groups -OCH3 is 1. The van der Waals surface area contributed by atoms with Crippen LogP contribution in [0.3, 0.4) is 0 Å². The number of carbonyl (C=O) groups is 1. The summed E-state index contributed by atoms with van der Waals surface area (Å²) in [6.45, 7) is 0. The first-order chi connectivity index (χ1) is 15.0. The summed E-state index contributed by atoms with van der Waals surface area (Å²) in [4.78, 5) is 12.0. The second kappa shape index (κ2) is 10.7. The summed E-state index contributed by atoms with van der Waals surface area (Å²) in [5.74, 6) is 0.400. The Bertz CT molecular complexity index is 1060. The quantitative estimate of drug-likeness (QED) is 0.334. The van der Waals surface area contributed by atoms with Gasteiger partial charge in [0.15, 0.2) is 6.10 Å². The van der Waals surface area contributed by atoms with E-state index in [4.69, 9.17) is 13.7 Å². The zero-order valence-corrected chi connectivity index (χ0v) is 18.0. The van der Waals surface area contributed by atoms with E-state index >= 15 is 0 Å². The van der Waals surface area contributed by atoms with Gasteiger partial charge in [0.25, 0.3) is 10.1 Å². The highest BCUT2D eigenvalue weighted by Crippen LogP contribution is 2.24. The maximum Gasteiger partial charge on any atom is 0.336 e. The fourth-order valence-corrected chi connectivity index (χ4v) is 4.04. The molecule has 0 aliphatic heterocycles. The van der Waals surface area contributed by atoms with Crippen LogP contribution in [-0.2, 0) is 30.3 Å². The SMILES string of the molecule is COC(=O)[C@@H](CCCc1ccccc1)OS(=O)(=O)c1ccc(Oc2ccccc2)cc1. The minimum absolute atomic E-state index is 0.0649. The third kappa shape index (κ3) is 6.67. The Balaban J connectivity index is 1.64. The van der Waals surface area contributed by atoms with Crippen LogP contribution in [0.15, 0.2) is 89.8 Å². The third-order valence-electron chi connectivity index (χ3n) is 4.57. The number of carbonyl (C=O) groups excluding carboxylic acids is 1. The molecule has 0 saturated carbocycles. The highest BCUT2D eigenvalue weighted by Gasteiger charge is 2.28. The molecule has 7 heteroatoms. The Kier molecular flexibility index (Phi) is 7.81. The van der Waals surface area contributed by atoms with Crippen molar-refractivity contribution in [3.8, 4) is 11.5 Å². The van der Waals surface area contributed by atoms with Crippen LogP contribution in [0.4, 0.5) is 0 Å². The van der Waals surface area contributed by atoms with E-state index in [-0.39, 0.29) is 11.3 Å². The molecular weight excluding hydrogens is 416 g/mol. The van der Waals surface area contributed by atoms with Crippen LogP contribution in [0.1, 0.15) is 18.4 Å². The fourth-order valence-electron chi connectivity index (χ4n) is 2.98. The van der Waals surface area contributed by atoms with Gasteiger partial charge in [-0.05, 0) is 61.2 Å². The second-order valence-corrected chi connectivity index (χ2v) is 8.40. The molecule has 3 aromatic rings. The summed E-state index contributed by atoms with van der Waals surface area (Å²) in [7, 11) is -2.95. The molecule has 3 aromatic carbocycles. The van der Waals surface area contributed by atoms with Gasteiger partial charge in [-0.15, -0.1) is 0 Å². The molecule has 0 N–H and O–H groups in total.